The number of benzene rings is 1. The topological polar surface area (TPSA) is 126 Å². The van der Waals surface area contributed by atoms with Crippen LogP contribution in [0.15, 0.2) is 28.2 Å². The highest BCUT2D eigenvalue weighted by atomic mass is 16.3. The largest absolute Gasteiger partial charge is 0.508 e. The first-order chi connectivity index (χ1) is 9.46. The van der Waals surface area contributed by atoms with Crippen LogP contribution in [0.5, 0.6) is 5.75 Å². The lowest BCUT2D eigenvalue weighted by Gasteiger charge is -2.18. The molecule has 0 spiro atoms. The molecular weight excluding hydrogens is 256 g/mol. The molecule has 0 unspecified atom stereocenters. The zero-order valence-electron chi connectivity index (χ0n) is 11.9. The molecular formula is C13H22N6O. The van der Waals surface area contributed by atoms with Crippen molar-refractivity contribution in [2.75, 3.05) is 13.1 Å². The molecule has 7 heteroatoms. The molecule has 7 N–H and O–H groups in total. The summed E-state index contributed by atoms with van der Waals surface area (Å²) < 4.78 is 0. The maximum Gasteiger partial charge on any atom is 0.223 e. The number of phenolic OH excluding ortho intramolecular Hbond substituents is 1. The standard InChI is InChI=1S/C13H22N6O/c1-3-19(4-2)8-9-7-10(5-6-11(9)20)17-13(16)18-12(14)15/h5-7,20H,3-4,8H2,1-2H3,(H6,14,15,16,17,18). The molecule has 0 fully saturated rings. The minimum absolute atomic E-state index is 0.0236. The van der Waals surface area contributed by atoms with Crippen LogP contribution in [0, 0.1) is 0 Å². The summed E-state index contributed by atoms with van der Waals surface area (Å²) in [5.41, 5.74) is 17.4. The van der Waals surface area contributed by atoms with E-state index in [0.717, 1.165) is 18.7 Å². The average molecular weight is 278 g/mol. The van der Waals surface area contributed by atoms with E-state index in [1.54, 1.807) is 18.2 Å². The van der Waals surface area contributed by atoms with E-state index in [2.05, 4.69) is 28.7 Å². The van der Waals surface area contributed by atoms with Crippen molar-refractivity contribution in [2.24, 2.45) is 27.2 Å². The van der Waals surface area contributed by atoms with Gasteiger partial charge in [-0.05, 0) is 31.3 Å². The van der Waals surface area contributed by atoms with Crippen LogP contribution in [-0.2, 0) is 6.54 Å². The molecule has 0 bridgehead atoms. The minimum atomic E-state index is -0.145. The molecule has 0 aliphatic rings. The third kappa shape index (κ3) is 4.77. The Labute approximate surface area is 118 Å². The number of hydrogen-bond acceptors (Lipinski definition) is 3. The van der Waals surface area contributed by atoms with Gasteiger partial charge >= 0.3 is 0 Å². The fourth-order valence-electron chi connectivity index (χ4n) is 1.75. The van der Waals surface area contributed by atoms with Crippen molar-refractivity contribution in [3.05, 3.63) is 23.8 Å². The van der Waals surface area contributed by atoms with E-state index in [-0.39, 0.29) is 17.7 Å². The fraction of sp³-hybridized carbons (Fsp3) is 0.385. The first-order valence-corrected chi connectivity index (χ1v) is 6.44. The second kappa shape index (κ2) is 7.34. The van der Waals surface area contributed by atoms with Crippen LogP contribution in [0.25, 0.3) is 0 Å². The molecule has 0 atom stereocenters. The maximum absolute atomic E-state index is 9.88. The Morgan fingerprint density at radius 1 is 1.20 bits per heavy atom. The summed E-state index contributed by atoms with van der Waals surface area (Å²) in [5.74, 6) is 0.0640. The van der Waals surface area contributed by atoms with Gasteiger partial charge in [0.1, 0.15) is 5.75 Å². The second-order valence-corrected chi connectivity index (χ2v) is 4.28. The Bertz CT molecular complexity index is 504. The Hall–Kier alpha value is -2.28. The zero-order chi connectivity index (χ0) is 15.1. The molecule has 0 aliphatic heterocycles. The number of hydrogen-bond donors (Lipinski definition) is 4. The van der Waals surface area contributed by atoms with Gasteiger partial charge in [0.05, 0.1) is 5.69 Å². The van der Waals surface area contributed by atoms with Crippen LogP contribution in [0.4, 0.5) is 5.69 Å². The quantitative estimate of drug-likeness (QED) is 0.459. The highest BCUT2D eigenvalue weighted by Crippen LogP contribution is 2.24. The normalized spacial score (nSPS) is 11.7. The highest BCUT2D eigenvalue weighted by molar-refractivity contribution is 5.93. The SMILES string of the molecule is CCN(CC)Cc1cc(N=C(N)N=C(N)N)ccc1O. The Morgan fingerprint density at radius 3 is 2.40 bits per heavy atom. The Kier molecular flexibility index (Phi) is 5.79. The van der Waals surface area contributed by atoms with Gasteiger partial charge in [-0.2, -0.15) is 4.99 Å². The molecule has 1 aromatic rings. The molecule has 0 aromatic heterocycles. The summed E-state index contributed by atoms with van der Waals surface area (Å²) >= 11 is 0. The number of aliphatic imine (C=N–C) groups is 2. The van der Waals surface area contributed by atoms with Crippen LogP contribution < -0.4 is 17.2 Å². The van der Waals surface area contributed by atoms with Crippen LogP contribution in [0.2, 0.25) is 0 Å². The van der Waals surface area contributed by atoms with Gasteiger partial charge in [-0.1, -0.05) is 13.8 Å². The Morgan fingerprint density at radius 2 is 1.85 bits per heavy atom. The van der Waals surface area contributed by atoms with E-state index in [0.29, 0.717) is 12.2 Å². The van der Waals surface area contributed by atoms with Crippen LogP contribution in [0.3, 0.4) is 0 Å². The van der Waals surface area contributed by atoms with Crippen LogP contribution >= 0.6 is 0 Å². The summed E-state index contributed by atoms with van der Waals surface area (Å²) in [5, 5.41) is 9.88. The van der Waals surface area contributed by atoms with Gasteiger partial charge in [0.15, 0.2) is 5.96 Å². The van der Waals surface area contributed by atoms with Crippen molar-refractivity contribution in [1.29, 1.82) is 0 Å². The van der Waals surface area contributed by atoms with Gasteiger partial charge in [-0.15, -0.1) is 0 Å². The highest BCUT2D eigenvalue weighted by Gasteiger charge is 2.07. The molecule has 0 radical (unpaired) electrons. The summed E-state index contributed by atoms with van der Waals surface area (Å²) in [6.45, 7) is 6.59. The predicted molar refractivity (Wildman–Crippen MR) is 81.8 cm³/mol. The molecule has 0 heterocycles. The monoisotopic (exact) mass is 278 g/mol. The van der Waals surface area contributed by atoms with Crippen LogP contribution in [0.1, 0.15) is 19.4 Å². The fourth-order valence-corrected chi connectivity index (χ4v) is 1.75. The first-order valence-electron chi connectivity index (χ1n) is 6.44. The third-order valence-electron chi connectivity index (χ3n) is 2.84. The number of nitrogens with zero attached hydrogens (tertiary/aromatic N) is 3. The zero-order valence-corrected chi connectivity index (χ0v) is 11.9. The van der Waals surface area contributed by atoms with Crippen molar-refractivity contribution >= 4 is 17.6 Å². The summed E-state index contributed by atoms with van der Waals surface area (Å²) in [6.07, 6.45) is 0. The number of phenols is 1. The van der Waals surface area contributed by atoms with Crippen molar-refractivity contribution in [2.45, 2.75) is 20.4 Å². The van der Waals surface area contributed by atoms with Gasteiger partial charge in [-0.25, -0.2) is 4.99 Å². The minimum Gasteiger partial charge on any atom is -0.508 e. The maximum atomic E-state index is 9.88. The molecule has 0 amide bonds. The molecule has 0 aliphatic carbocycles. The predicted octanol–water partition coefficient (Wildman–Crippen LogP) is 0.454. The summed E-state index contributed by atoms with van der Waals surface area (Å²) in [4.78, 5) is 9.90. The lowest BCUT2D eigenvalue weighted by Crippen LogP contribution is -2.26. The summed E-state index contributed by atoms with van der Waals surface area (Å²) in [6, 6.07) is 5.00. The molecule has 7 nitrogen and oxygen atoms in total. The van der Waals surface area contributed by atoms with Crippen molar-refractivity contribution in [1.82, 2.24) is 4.90 Å². The molecule has 110 valence electrons. The average Bonchev–Trinajstić information content (AvgIpc) is 2.38. The lowest BCUT2D eigenvalue weighted by molar-refractivity contribution is 0.291. The van der Waals surface area contributed by atoms with E-state index >= 15 is 0 Å². The van der Waals surface area contributed by atoms with Gasteiger partial charge in [-0.3, -0.25) is 4.90 Å². The van der Waals surface area contributed by atoms with Crippen molar-refractivity contribution < 1.29 is 5.11 Å². The van der Waals surface area contributed by atoms with Gasteiger partial charge < -0.3 is 22.3 Å². The number of rotatable bonds is 5. The number of guanidine groups is 2. The molecule has 1 aromatic carbocycles. The first kappa shape index (κ1) is 15.8. The van der Waals surface area contributed by atoms with Gasteiger partial charge in [0.2, 0.25) is 5.96 Å². The third-order valence-corrected chi connectivity index (χ3v) is 2.84. The van der Waals surface area contributed by atoms with Crippen molar-refractivity contribution in [3.63, 3.8) is 0 Å². The molecule has 20 heavy (non-hydrogen) atoms. The molecule has 0 saturated carbocycles. The molecule has 1 rings (SSSR count). The number of aromatic hydroxyl groups is 1. The van der Waals surface area contributed by atoms with E-state index in [4.69, 9.17) is 17.2 Å². The second-order valence-electron chi connectivity index (χ2n) is 4.28. The van der Waals surface area contributed by atoms with E-state index in [9.17, 15) is 5.11 Å². The van der Waals surface area contributed by atoms with Gasteiger partial charge in [0.25, 0.3) is 0 Å². The smallest absolute Gasteiger partial charge is 0.223 e. The molecule has 0 saturated heterocycles. The van der Waals surface area contributed by atoms with Crippen LogP contribution in [-0.4, -0.2) is 35.0 Å². The number of nitrogens with two attached hydrogens (primary N) is 3. The summed E-state index contributed by atoms with van der Waals surface area (Å²) in [7, 11) is 0. The Balaban J connectivity index is 2.99. The van der Waals surface area contributed by atoms with E-state index in [1.165, 1.54) is 0 Å². The van der Waals surface area contributed by atoms with E-state index in [1.807, 2.05) is 0 Å². The van der Waals surface area contributed by atoms with E-state index < -0.39 is 0 Å². The lowest BCUT2D eigenvalue weighted by atomic mass is 10.1. The van der Waals surface area contributed by atoms with Crippen molar-refractivity contribution in [3.8, 4) is 5.75 Å². The van der Waals surface area contributed by atoms with Gasteiger partial charge in [0, 0.05) is 12.1 Å².